The summed E-state index contributed by atoms with van der Waals surface area (Å²) in [6.45, 7) is 6.62. The summed E-state index contributed by atoms with van der Waals surface area (Å²) in [4.78, 5) is 41.5. The Balaban J connectivity index is 1.61. The van der Waals surface area contributed by atoms with E-state index in [-0.39, 0.29) is 30.4 Å². The lowest BCUT2D eigenvalue weighted by atomic mass is 10.00. The highest BCUT2D eigenvalue weighted by Gasteiger charge is 2.22. The van der Waals surface area contributed by atoms with Crippen molar-refractivity contribution < 1.29 is 37.5 Å². The highest BCUT2D eigenvalue weighted by atomic mass is 31.2. The molecule has 3 heterocycles. The van der Waals surface area contributed by atoms with E-state index in [1.807, 2.05) is 25.1 Å². The number of hydrogen-bond donors (Lipinski definition) is 3. The zero-order chi connectivity index (χ0) is 28.9. The Labute approximate surface area is 231 Å². The minimum absolute atomic E-state index is 0.122. The van der Waals surface area contributed by atoms with Gasteiger partial charge in [0.15, 0.2) is 0 Å². The number of anilines is 2. The minimum atomic E-state index is -4.61. The van der Waals surface area contributed by atoms with Gasteiger partial charge in [0.2, 0.25) is 5.88 Å². The molecule has 2 aromatic heterocycles. The number of carbonyl (C=O) groups excluding carboxylic acids is 1. The molecule has 1 aliphatic rings. The highest BCUT2D eigenvalue weighted by molar-refractivity contribution is 7.46. The van der Waals surface area contributed by atoms with Crippen LogP contribution in [0.2, 0.25) is 0 Å². The third-order valence-electron chi connectivity index (χ3n) is 6.15. The van der Waals surface area contributed by atoms with Crippen LogP contribution in [0.3, 0.4) is 0 Å². The zero-order valence-corrected chi connectivity index (χ0v) is 23.4. The van der Waals surface area contributed by atoms with Crippen LogP contribution in [0.25, 0.3) is 11.1 Å². The molecule has 11 nitrogen and oxygen atoms in total. The topological polar surface area (TPSA) is 143 Å². The molecule has 3 aromatic rings. The summed E-state index contributed by atoms with van der Waals surface area (Å²) in [6, 6.07) is 12.1. The fourth-order valence-electron chi connectivity index (χ4n) is 4.09. The lowest BCUT2D eigenvalue weighted by Gasteiger charge is -2.28. The van der Waals surface area contributed by atoms with Crippen molar-refractivity contribution in [1.29, 1.82) is 0 Å². The number of nitrogens with zero attached hydrogens (tertiary/aromatic N) is 3. The number of pyridine rings is 2. The maximum Gasteiger partial charge on any atom is 0.469 e. The Morgan fingerprint density at radius 2 is 1.90 bits per heavy atom. The molecule has 0 unspecified atom stereocenters. The molecule has 214 valence electrons. The number of halogens is 1. The number of aromatic nitrogens is 2. The van der Waals surface area contributed by atoms with Crippen LogP contribution < -0.4 is 15.0 Å². The van der Waals surface area contributed by atoms with E-state index >= 15 is 0 Å². The first kappa shape index (κ1) is 29.6. The summed E-state index contributed by atoms with van der Waals surface area (Å²) >= 11 is 0. The predicted molar refractivity (Wildman–Crippen MR) is 147 cm³/mol. The Hall–Kier alpha value is -3.41. The van der Waals surface area contributed by atoms with Gasteiger partial charge in [0, 0.05) is 36.6 Å². The largest absolute Gasteiger partial charge is 0.475 e. The van der Waals surface area contributed by atoms with E-state index in [9.17, 15) is 13.8 Å². The van der Waals surface area contributed by atoms with Gasteiger partial charge in [-0.2, -0.15) is 4.98 Å². The third-order valence-corrected chi connectivity index (χ3v) is 6.67. The van der Waals surface area contributed by atoms with Gasteiger partial charge in [-0.05, 0) is 67.8 Å². The van der Waals surface area contributed by atoms with Gasteiger partial charge in [0.25, 0.3) is 5.91 Å². The van der Waals surface area contributed by atoms with Gasteiger partial charge in [0.1, 0.15) is 18.1 Å². The molecule has 0 bridgehead atoms. The number of ether oxygens (including phenoxy) is 2. The summed E-state index contributed by atoms with van der Waals surface area (Å²) in [5.74, 6) is 0.500. The SMILES string of the molecule is Cc1ccc(NC(=O)c2ccnc(C(C)(C)F)c2)cc1-c1cc(OCCOP(=O)(O)O)nc(N2CCOCC2)c1. The van der Waals surface area contributed by atoms with Gasteiger partial charge in [0.05, 0.1) is 25.5 Å². The second kappa shape index (κ2) is 12.4. The van der Waals surface area contributed by atoms with E-state index in [1.54, 1.807) is 12.1 Å². The van der Waals surface area contributed by atoms with Gasteiger partial charge >= 0.3 is 7.82 Å². The standard InChI is InChI=1S/C27H32FN4O7P/c1-18-4-5-21(30-26(33)19-6-7-29-23(14-19)27(2,3)28)17-22(18)20-15-24(32-8-10-37-11-9-32)31-25(16-20)38-12-13-39-40(34,35)36/h4-7,14-17H,8-13H2,1-3H3,(H,30,33)(H2,34,35,36). The number of hydrogen-bond acceptors (Lipinski definition) is 8. The van der Waals surface area contributed by atoms with Gasteiger partial charge in [-0.1, -0.05) is 6.07 Å². The average molecular weight is 575 g/mol. The average Bonchev–Trinajstić information content (AvgIpc) is 2.91. The quantitative estimate of drug-likeness (QED) is 0.238. The molecule has 40 heavy (non-hydrogen) atoms. The molecule has 1 saturated heterocycles. The molecule has 0 saturated carbocycles. The summed E-state index contributed by atoms with van der Waals surface area (Å²) in [7, 11) is -4.61. The summed E-state index contributed by atoms with van der Waals surface area (Å²) in [6.07, 6.45) is 1.41. The molecule has 13 heteroatoms. The van der Waals surface area contributed by atoms with E-state index in [0.717, 1.165) is 16.7 Å². The number of aryl methyl sites for hydroxylation is 1. The van der Waals surface area contributed by atoms with Gasteiger partial charge in [-0.15, -0.1) is 0 Å². The second-order valence-electron chi connectivity index (χ2n) is 9.71. The van der Waals surface area contributed by atoms with E-state index in [2.05, 4.69) is 24.7 Å². The number of alkyl halides is 1. The van der Waals surface area contributed by atoms with Crippen molar-refractivity contribution in [3.63, 3.8) is 0 Å². The Morgan fingerprint density at radius 3 is 2.60 bits per heavy atom. The van der Waals surface area contributed by atoms with Gasteiger partial charge < -0.3 is 29.5 Å². The minimum Gasteiger partial charge on any atom is -0.475 e. The normalized spacial score (nSPS) is 14.2. The number of amides is 1. The summed E-state index contributed by atoms with van der Waals surface area (Å²) in [5.41, 5.74) is 1.80. The van der Waals surface area contributed by atoms with Crippen LogP contribution in [0.5, 0.6) is 5.88 Å². The summed E-state index contributed by atoms with van der Waals surface area (Å²) < 4.78 is 40.9. The number of phosphoric ester groups is 1. The number of nitrogens with one attached hydrogen (secondary N) is 1. The first-order valence-electron chi connectivity index (χ1n) is 12.6. The summed E-state index contributed by atoms with van der Waals surface area (Å²) in [5, 5.41) is 2.87. The third kappa shape index (κ3) is 8.06. The monoisotopic (exact) mass is 574 g/mol. The van der Waals surface area contributed by atoms with Crippen molar-refractivity contribution in [3.8, 4) is 17.0 Å². The molecule has 0 spiro atoms. The maximum atomic E-state index is 14.4. The van der Waals surface area contributed by atoms with Gasteiger partial charge in [-0.3, -0.25) is 14.3 Å². The molecule has 1 amide bonds. The second-order valence-corrected chi connectivity index (χ2v) is 10.9. The van der Waals surface area contributed by atoms with Crippen LogP contribution in [0.4, 0.5) is 15.9 Å². The van der Waals surface area contributed by atoms with Crippen LogP contribution in [-0.2, 0) is 19.5 Å². The van der Waals surface area contributed by atoms with Gasteiger partial charge in [-0.25, -0.2) is 8.96 Å². The molecule has 1 aromatic carbocycles. The first-order valence-corrected chi connectivity index (χ1v) is 14.2. The lowest BCUT2D eigenvalue weighted by molar-refractivity contribution is 0.102. The molecular weight excluding hydrogens is 542 g/mol. The Bertz CT molecular complexity index is 1400. The number of carbonyl (C=O) groups is 1. The van der Waals surface area contributed by atoms with Crippen molar-refractivity contribution in [2.45, 2.75) is 26.4 Å². The van der Waals surface area contributed by atoms with E-state index in [4.69, 9.17) is 19.3 Å². The molecule has 1 fully saturated rings. The van der Waals surface area contributed by atoms with Crippen LogP contribution in [0.15, 0.2) is 48.7 Å². The number of rotatable bonds is 10. The smallest absolute Gasteiger partial charge is 0.469 e. The number of phosphoric acid groups is 1. The highest BCUT2D eigenvalue weighted by Crippen LogP contribution is 2.36. The van der Waals surface area contributed by atoms with Crippen LogP contribution in [0.1, 0.15) is 35.5 Å². The van der Waals surface area contributed by atoms with E-state index < -0.39 is 19.4 Å². The van der Waals surface area contributed by atoms with Crippen LogP contribution in [-0.4, -0.2) is 65.2 Å². The van der Waals surface area contributed by atoms with Crippen LogP contribution >= 0.6 is 7.82 Å². The molecule has 0 aliphatic carbocycles. The van der Waals surface area contributed by atoms with Crippen molar-refractivity contribution >= 4 is 25.2 Å². The lowest BCUT2D eigenvalue weighted by Crippen LogP contribution is -2.36. The predicted octanol–water partition coefficient (Wildman–Crippen LogP) is 4.23. The van der Waals surface area contributed by atoms with Crippen molar-refractivity contribution in [2.75, 3.05) is 49.7 Å². The zero-order valence-electron chi connectivity index (χ0n) is 22.5. The molecule has 4 rings (SSSR count). The maximum absolute atomic E-state index is 14.4. The fraction of sp³-hybridized carbons (Fsp3) is 0.370. The van der Waals surface area contributed by atoms with Crippen molar-refractivity contribution in [3.05, 3.63) is 65.5 Å². The molecule has 0 radical (unpaired) electrons. The van der Waals surface area contributed by atoms with Crippen LogP contribution in [0, 0.1) is 6.92 Å². The van der Waals surface area contributed by atoms with E-state index in [1.165, 1.54) is 32.2 Å². The molecule has 3 N–H and O–H groups in total. The van der Waals surface area contributed by atoms with Crippen molar-refractivity contribution in [2.24, 2.45) is 0 Å². The Kier molecular flexibility index (Phi) is 9.17. The number of morpholine rings is 1. The first-order chi connectivity index (χ1) is 18.9. The fourth-order valence-corrected chi connectivity index (χ4v) is 4.40. The molecular formula is C27H32FN4O7P. The van der Waals surface area contributed by atoms with Crippen molar-refractivity contribution in [1.82, 2.24) is 9.97 Å². The van der Waals surface area contributed by atoms with E-state index in [0.29, 0.717) is 37.8 Å². The molecule has 1 aliphatic heterocycles. The number of benzene rings is 1. The Morgan fingerprint density at radius 1 is 1.15 bits per heavy atom. The molecule has 0 atom stereocenters.